The molecule has 17 heavy (non-hydrogen) atoms. The van der Waals surface area contributed by atoms with Crippen LogP contribution in [0.2, 0.25) is 0 Å². The molecule has 0 aromatic carbocycles. The van der Waals surface area contributed by atoms with Crippen molar-refractivity contribution in [1.29, 1.82) is 0 Å². The van der Waals surface area contributed by atoms with E-state index in [9.17, 15) is 4.79 Å². The van der Waals surface area contributed by atoms with Crippen LogP contribution >= 0.6 is 11.6 Å². The molecule has 0 aromatic rings. The molecule has 3 heteroatoms. The summed E-state index contributed by atoms with van der Waals surface area (Å²) in [5, 5.41) is 3.22. The third kappa shape index (κ3) is 4.17. The first kappa shape index (κ1) is 14.8. The normalized spacial score (nSPS) is 30.9. The number of carbonyl (C=O) groups is 1. The van der Waals surface area contributed by atoms with Crippen molar-refractivity contribution in [1.82, 2.24) is 5.32 Å². The van der Waals surface area contributed by atoms with Crippen LogP contribution in [0.1, 0.15) is 59.3 Å². The van der Waals surface area contributed by atoms with Crippen LogP contribution in [-0.2, 0) is 4.79 Å². The van der Waals surface area contributed by atoms with Gasteiger partial charge in [-0.15, -0.1) is 11.6 Å². The molecule has 0 aliphatic heterocycles. The number of alkyl halides is 1. The van der Waals surface area contributed by atoms with E-state index in [4.69, 9.17) is 11.6 Å². The van der Waals surface area contributed by atoms with Crippen LogP contribution in [0.3, 0.4) is 0 Å². The summed E-state index contributed by atoms with van der Waals surface area (Å²) in [6, 6.07) is 0. The van der Waals surface area contributed by atoms with Gasteiger partial charge in [0.05, 0.1) is 5.54 Å². The van der Waals surface area contributed by atoms with Gasteiger partial charge in [-0.25, -0.2) is 0 Å². The molecule has 1 atom stereocenters. The first-order valence-electron chi connectivity index (χ1n) is 6.91. The number of nitrogens with one attached hydrogen (secondary N) is 1. The van der Waals surface area contributed by atoms with Crippen molar-refractivity contribution in [2.24, 2.45) is 11.8 Å². The van der Waals surface area contributed by atoms with Gasteiger partial charge >= 0.3 is 0 Å². The third-order valence-electron chi connectivity index (χ3n) is 4.04. The van der Waals surface area contributed by atoms with Gasteiger partial charge in [0.25, 0.3) is 0 Å². The van der Waals surface area contributed by atoms with Crippen molar-refractivity contribution in [3.8, 4) is 0 Å². The molecular weight excluding hydrogens is 234 g/mol. The maximum Gasteiger partial charge on any atom is 0.223 e. The quantitative estimate of drug-likeness (QED) is 0.749. The molecule has 0 aromatic heterocycles. The van der Waals surface area contributed by atoms with Crippen molar-refractivity contribution >= 4 is 17.5 Å². The maximum atomic E-state index is 12.1. The third-order valence-corrected chi connectivity index (χ3v) is 4.56. The van der Waals surface area contributed by atoms with E-state index in [1.807, 2.05) is 6.92 Å². The Labute approximate surface area is 110 Å². The molecule has 0 radical (unpaired) electrons. The highest BCUT2D eigenvalue weighted by Crippen LogP contribution is 2.33. The highest BCUT2D eigenvalue weighted by atomic mass is 35.5. The molecular formula is C14H26ClNO. The van der Waals surface area contributed by atoms with Crippen LogP contribution in [0.5, 0.6) is 0 Å². The predicted octanol–water partition coefficient (Wildman–Crippen LogP) is 3.73. The van der Waals surface area contributed by atoms with Gasteiger partial charge in [-0.3, -0.25) is 4.79 Å². The lowest BCUT2D eigenvalue weighted by molar-refractivity contribution is -0.127. The zero-order chi connectivity index (χ0) is 12.9. The molecule has 1 aliphatic carbocycles. The van der Waals surface area contributed by atoms with Gasteiger partial charge < -0.3 is 5.32 Å². The predicted molar refractivity (Wildman–Crippen MR) is 73.3 cm³/mol. The van der Waals surface area contributed by atoms with Crippen LogP contribution in [0.4, 0.5) is 0 Å². The molecule has 1 saturated carbocycles. The summed E-state index contributed by atoms with van der Waals surface area (Å²) >= 11 is 6.10. The highest BCUT2D eigenvalue weighted by molar-refractivity contribution is 6.18. The highest BCUT2D eigenvalue weighted by Gasteiger charge is 2.35. The number of carbonyl (C=O) groups excluding carboxylic acids is 1. The average molecular weight is 260 g/mol. The van der Waals surface area contributed by atoms with E-state index in [0.29, 0.717) is 5.88 Å². The summed E-state index contributed by atoms with van der Waals surface area (Å²) in [6.07, 6.45) is 6.43. The lowest BCUT2D eigenvalue weighted by Crippen LogP contribution is -2.53. The van der Waals surface area contributed by atoms with Gasteiger partial charge in [-0.2, -0.15) is 0 Å². The zero-order valence-electron chi connectivity index (χ0n) is 11.4. The Morgan fingerprint density at radius 3 is 2.53 bits per heavy atom. The molecule has 1 N–H and O–H groups in total. The fourth-order valence-electron chi connectivity index (χ4n) is 2.56. The van der Waals surface area contributed by atoms with Crippen molar-refractivity contribution in [2.75, 3.05) is 5.88 Å². The standard InChI is InChI=1S/C14H26ClNO/c1-4-5-12(3)13(17)16-14(10-15)8-6-11(2)7-9-14/h11-12H,4-10H2,1-3H3,(H,16,17). The summed E-state index contributed by atoms with van der Waals surface area (Å²) in [6.45, 7) is 6.40. The Balaban J connectivity index is 2.54. The minimum Gasteiger partial charge on any atom is -0.349 e. The molecule has 2 nitrogen and oxygen atoms in total. The molecule has 0 bridgehead atoms. The Kier molecular flexibility index (Phi) is 5.78. The second-order valence-electron chi connectivity index (χ2n) is 5.78. The lowest BCUT2D eigenvalue weighted by Gasteiger charge is -2.39. The van der Waals surface area contributed by atoms with Crippen molar-refractivity contribution in [3.05, 3.63) is 0 Å². The van der Waals surface area contributed by atoms with E-state index in [1.165, 1.54) is 12.8 Å². The van der Waals surface area contributed by atoms with Gasteiger partial charge in [-0.1, -0.05) is 27.2 Å². The van der Waals surface area contributed by atoms with Crippen LogP contribution in [0.25, 0.3) is 0 Å². The minimum atomic E-state index is -0.132. The molecule has 0 heterocycles. The largest absolute Gasteiger partial charge is 0.349 e. The summed E-state index contributed by atoms with van der Waals surface area (Å²) < 4.78 is 0. The fraction of sp³-hybridized carbons (Fsp3) is 0.929. The molecule has 0 spiro atoms. The molecule has 1 rings (SSSR count). The maximum absolute atomic E-state index is 12.1. The zero-order valence-corrected chi connectivity index (χ0v) is 12.1. The van der Waals surface area contributed by atoms with Crippen molar-refractivity contribution in [2.45, 2.75) is 64.8 Å². The van der Waals surface area contributed by atoms with Gasteiger partial charge in [-0.05, 0) is 38.0 Å². The fourth-order valence-corrected chi connectivity index (χ4v) is 2.89. The van der Waals surface area contributed by atoms with Crippen LogP contribution in [-0.4, -0.2) is 17.3 Å². The number of hydrogen-bond acceptors (Lipinski definition) is 1. The number of halogens is 1. The monoisotopic (exact) mass is 259 g/mol. The first-order valence-corrected chi connectivity index (χ1v) is 7.44. The Hall–Kier alpha value is -0.240. The van der Waals surface area contributed by atoms with E-state index in [0.717, 1.165) is 31.6 Å². The van der Waals surface area contributed by atoms with E-state index in [-0.39, 0.29) is 17.4 Å². The number of amides is 1. The molecule has 1 fully saturated rings. The Morgan fingerprint density at radius 1 is 1.47 bits per heavy atom. The Morgan fingerprint density at radius 2 is 2.06 bits per heavy atom. The lowest BCUT2D eigenvalue weighted by atomic mass is 9.78. The minimum absolute atomic E-state index is 0.111. The van der Waals surface area contributed by atoms with Gasteiger partial charge in [0.1, 0.15) is 0 Å². The SMILES string of the molecule is CCCC(C)C(=O)NC1(CCl)CCC(C)CC1. The van der Waals surface area contributed by atoms with Crippen LogP contribution in [0, 0.1) is 11.8 Å². The van der Waals surface area contributed by atoms with E-state index >= 15 is 0 Å². The smallest absolute Gasteiger partial charge is 0.223 e. The second-order valence-corrected chi connectivity index (χ2v) is 6.04. The molecule has 0 saturated heterocycles. The topological polar surface area (TPSA) is 29.1 Å². The number of hydrogen-bond donors (Lipinski definition) is 1. The van der Waals surface area contributed by atoms with Crippen LogP contribution < -0.4 is 5.32 Å². The summed E-state index contributed by atoms with van der Waals surface area (Å²) in [5.74, 6) is 1.61. The van der Waals surface area contributed by atoms with Crippen LogP contribution in [0.15, 0.2) is 0 Å². The molecule has 1 aliphatic rings. The summed E-state index contributed by atoms with van der Waals surface area (Å²) in [7, 11) is 0. The second kappa shape index (κ2) is 6.63. The molecule has 1 unspecified atom stereocenters. The van der Waals surface area contributed by atoms with Gasteiger partial charge in [0.2, 0.25) is 5.91 Å². The Bertz CT molecular complexity index is 247. The van der Waals surface area contributed by atoms with E-state index < -0.39 is 0 Å². The van der Waals surface area contributed by atoms with Gasteiger partial charge in [0, 0.05) is 11.8 Å². The van der Waals surface area contributed by atoms with E-state index in [2.05, 4.69) is 19.2 Å². The van der Waals surface area contributed by atoms with Crippen molar-refractivity contribution in [3.63, 3.8) is 0 Å². The molecule has 1 amide bonds. The average Bonchev–Trinajstić information content (AvgIpc) is 2.33. The van der Waals surface area contributed by atoms with E-state index in [1.54, 1.807) is 0 Å². The van der Waals surface area contributed by atoms with Crippen molar-refractivity contribution < 1.29 is 4.79 Å². The van der Waals surface area contributed by atoms with Gasteiger partial charge in [0.15, 0.2) is 0 Å². The summed E-state index contributed by atoms with van der Waals surface area (Å²) in [5.41, 5.74) is -0.132. The first-order chi connectivity index (χ1) is 8.03. The number of rotatable bonds is 5. The molecule has 100 valence electrons. The summed E-state index contributed by atoms with van der Waals surface area (Å²) in [4.78, 5) is 12.1.